The van der Waals surface area contributed by atoms with Crippen molar-refractivity contribution < 1.29 is 0 Å². The highest BCUT2D eigenvalue weighted by molar-refractivity contribution is 7.11. The number of piperidine rings is 1. The number of nitrogens with zero attached hydrogens (tertiary/aromatic N) is 1. The van der Waals surface area contributed by atoms with E-state index < -0.39 is 0 Å². The highest BCUT2D eigenvalue weighted by Gasteiger charge is 2.22. The van der Waals surface area contributed by atoms with Crippen LogP contribution in [0.2, 0.25) is 0 Å². The van der Waals surface area contributed by atoms with Gasteiger partial charge in [-0.25, -0.2) is 0 Å². The van der Waals surface area contributed by atoms with Gasteiger partial charge in [0.2, 0.25) is 0 Å². The van der Waals surface area contributed by atoms with Crippen LogP contribution in [0.3, 0.4) is 0 Å². The molecule has 0 spiro atoms. The van der Waals surface area contributed by atoms with E-state index in [0.717, 1.165) is 25.0 Å². The summed E-state index contributed by atoms with van der Waals surface area (Å²) in [7, 11) is 2.01. The predicted octanol–water partition coefficient (Wildman–Crippen LogP) is 3.09. The molecular formula is C14H24N2S. The summed E-state index contributed by atoms with van der Waals surface area (Å²) in [5.74, 6) is 0.864. The largest absolute Gasteiger partial charge is 0.315 e. The van der Waals surface area contributed by atoms with Gasteiger partial charge in [0.25, 0.3) is 0 Å². The fraction of sp³-hybridized carbons (Fsp3) is 0.714. The van der Waals surface area contributed by atoms with Crippen LogP contribution in [0.25, 0.3) is 0 Å². The SMILES string of the molecule is CNCc1ccc(CN2CC(C)CCC2C)s1. The maximum Gasteiger partial charge on any atom is 0.0330 e. The minimum atomic E-state index is 0.751. The number of hydrogen-bond donors (Lipinski definition) is 1. The molecule has 1 aromatic heterocycles. The van der Waals surface area contributed by atoms with Crippen molar-refractivity contribution in [2.75, 3.05) is 13.6 Å². The van der Waals surface area contributed by atoms with Crippen molar-refractivity contribution in [3.05, 3.63) is 21.9 Å². The number of hydrogen-bond acceptors (Lipinski definition) is 3. The first-order valence-electron chi connectivity index (χ1n) is 6.65. The van der Waals surface area contributed by atoms with Crippen LogP contribution in [0.1, 0.15) is 36.4 Å². The molecule has 96 valence electrons. The fourth-order valence-electron chi connectivity index (χ4n) is 2.58. The molecule has 0 aliphatic carbocycles. The lowest BCUT2D eigenvalue weighted by Gasteiger charge is -2.36. The highest BCUT2D eigenvalue weighted by Crippen LogP contribution is 2.25. The molecule has 2 nitrogen and oxygen atoms in total. The highest BCUT2D eigenvalue weighted by atomic mass is 32.1. The van der Waals surface area contributed by atoms with E-state index in [1.54, 1.807) is 0 Å². The number of thiophene rings is 1. The minimum absolute atomic E-state index is 0.751. The average molecular weight is 252 g/mol. The molecule has 0 amide bonds. The molecule has 2 heterocycles. The Kier molecular flexibility index (Phi) is 4.60. The van der Waals surface area contributed by atoms with Crippen LogP contribution >= 0.6 is 11.3 Å². The lowest BCUT2D eigenvalue weighted by Crippen LogP contribution is -2.40. The summed E-state index contributed by atoms with van der Waals surface area (Å²) in [6, 6.07) is 5.30. The summed E-state index contributed by atoms with van der Waals surface area (Å²) >= 11 is 1.95. The van der Waals surface area contributed by atoms with Crippen molar-refractivity contribution in [1.29, 1.82) is 0 Å². The van der Waals surface area contributed by atoms with Crippen molar-refractivity contribution in [1.82, 2.24) is 10.2 Å². The summed E-state index contributed by atoms with van der Waals surface area (Å²) in [4.78, 5) is 5.60. The minimum Gasteiger partial charge on any atom is -0.315 e. The van der Waals surface area contributed by atoms with Crippen LogP contribution in [-0.2, 0) is 13.1 Å². The van der Waals surface area contributed by atoms with E-state index in [4.69, 9.17) is 0 Å². The molecule has 1 saturated heterocycles. The average Bonchev–Trinajstić information content (AvgIpc) is 2.72. The van der Waals surface area contributed by atoms with E-state index in [1.807, 2.05) is 18.4 Å². The number of nitrogens with one attached hydrogen (secondary N) is 1. The fourth-order valence-corrected chi connectivity index (χ4v) is 3.63. The summed E-state index contributed by atoms with van der Waals surface area (Å²) in [6.45, 7) is 8.14. The van der Waals surface area contributed by atoms with Crippen LogP contribution in [0.5, 0.6) is 0 Å². The van der Waals surface area contributed by atoms with Gasteiger partial charge in [0.15, 0.2) is 0 Å². The monoisotopic (exact) mass is 252 g/mol. The molecule has 1 N–H and O–H groups in total. The first kappa shape index (κ1) is 13.1. The zero-order valence-corrected chi connectivity index (χ0v) is 12.0. The van der Waals surface area contributed by atoms with Gasteiger partial charge in [-0.15, -0.1) is 11.3 Å². The van der Waals surface area contributed by atoms with Gasteiger partial charge in [0, 0.05) is 35.4 Å². The Bertz CT molecular complexity index is 348. The molecule has 0 aromatic carbocycles. The molecule has 1 aromatic rings. The Balaban J connectivity index is 1.94. The van der Waals surface area contributed by atoms with Gasteiger partial charge < -0.3 is 5.32 Å². The summed E-state index contributed by atoms with van der Waals surface area (Å²) < 4.78 is 0. The van der Waals surface area contributed by atoms with Crippen molar-refractivity contribution in [2.45, 2.75) is 45.8 Å². The molecule has 1 aliphatic heterocycles. The second-order valence-electron chi connectivity index (χ2n) is 5.36. The smallest absolute Gasteiger partial charge is 0.0330 e. The zero-order valence-electron chi connectivity index (χ0n) is 11.2. The Hall–Kier alpha value is -0.380. The van der Waals surface area contributed by atoms with Crippen LogP contribution in [-0.4, -0.2) is 24.5 Å². The Labute approximate surface area is 109 Å². The zero-order chi connectivity index (χ0) is 12.3. The molecule has 0 saturated carbocycles. The normalized spacial score (nSPS) is 26.3. The molecule has 2 rings (SSSR count). The molecule has 3 heteroatoms. The molecule has 1 aliphatic rings. The molecule has 0 bridgehead atoms. The van der Waals surface area contributed by atoms with Crippen molar-refractivity contribution in [3.8, 4) is 0 Å². The molecule has 2 unspecified atom stereocenters. The lowest BCUT2D eigenvalue weighted by molar-refractivity contribution is 0.118. The van der Waals surface area contributed by atoms with E-state index in [2.05, 4.69) is 36.2 Å². The van der Waals surface area contributed by atoms with Gasteiger partial charge in [0.05, 0.1) is 0 Å². The lowest BCUT2D eigenvalue weighted by atomic mass is 9.95. The first-order valence-corrected chi connectivity index (χ1v) is 7.47. The van der Waals surface area contributed by atoms with Crippen LogP contribution in [0.4, 0.5) is 0 Å². The van der Waals surface area contributed by atoms with Crippen LogP contribution < -0.4 is 5.32 Å². The van der Waals surface area contributed by atoms with Gasteiger partial charge in [-0.3, -0.25) is 4.90 Å². The number of rotatable bonds is 4. The Morgan fingerprint density at radius 2 is 2.06 bits per heavy atom. The van der Waals surface area contributed by atoms with E-state index in [9.17, 15) is 0 Å². The van der Waals surface area contributed by atoms with Gasteiger partial charge in [-0.1, -0.05) is 6.92 Å². The predicted molar refractivity (Wildman–Crippen MR) is 75.4 cm³/mol. The maximum absolute atomic E-state index is 3.21. The second-order valence-corrected chi connectivity index (χ2v) is 6.61. The van der Waals surface area contributed by atoms with Gasteiger partial charge >= 0.3 is 0 Å². The van der Waals surface area contributed by atoms with Gasteiger partial charge in [0.1, 0.15) is 0 Å². The molecule has 1 fully saturated rings. The van der Waals surface area contributed by atoms with Gasteiger partial charge in [-0.05, 0) is 44.9 Å². The molecular weight excluding hydrogens is 228 g/mol. The second kappa shape index (κ2) is 5.98. The quantitative estimate of drug-likeness (QED) is 0.886. The third kappa shape index (κ3) is 3.54. The van der Waals surface area contributed by atoms with Crippen molar-refractivity contribution in [3.63, 3.8) is 0 Å². The standard InChI is InChI=1S/C14H24N2S/c1-11-4-5-12(2)16(9-11)10-14-7-6-13(17-14)8-15-3/h6-7,11-12,15H,4-5,8-10H2,1-3H3. The maximum atomic E-state index is 3.21. The van der Waals surface area contributed by atoms with Crippen molar-refractivity contribution >= 4 is 11.3 Å². The van der Waals surface area contributed by atoms with E-state index in [-0.39, 0.29) is 0 Å². The van der Waals surface area contributed by atoms with Crippen LogP contribution in [0, 0.1) is 5.92 Å². The summed E-state index contributed by atoms with van der Waals surface area (Å²) in [5, 5.41) is 3.21. The third-order valence-corrected chi connectivity index (χ3v) is 4.74. The van der Waals surface area contributed by atoms with E-state index >= 15 is 0 Å². The number of likely N-dealkylation sites (tertiary alicyclic amines) is 1. The molecule has 17 heavy (non-hydrogen) atoms. The third-order valence-electron chi connectivity index (χ3n) is 3.67. The van der Waals surface area contributed by atoms with Crippen LogP contribution in [0.15, 0.2) is 12.1 Å². The van der Waals surface area contributed by atoms with E-state index in [0.29, 0.717) is 0 Å². The summed E-state index contributed by atoms with van der Waals surface area (Å²) in [6.07, 6.45) is 2.75. The molecule has 2 atom stereocenters. The Morgan fingerprint density at radius 1 is 1.29 bits per heavy atom. The van der Waals surface area contributed by atoms with E-state index in [1.165, 1.54) is 29.1 Å². The topological polar surface area (TPSA) is 15.3 Å². The Morgan fingerprint density at radius 3 is 2.82 bits per heavy atom. The summed E-state index contributed by atoms with van der Waals surface area (Å²) in [5.41, 5.74) is 0. The first-order chi connectivity index (χ1) is 8.19. The van der Waals surface area contributed by atoms with Gasteiger partial charge in [-0.2, -0.15) is 0 Å². The molecule has 0 radical (unpaired) electrons. The van der Waals surface area contributed by atoms with Crippen molar-refractivity contribution in [2.24, 2.45) is 5.92 Å².